The van der Waals surface area contributed by atoms with Crippen LogP contribution in [0.25, 0.3) is 16.9 Å². The Balaban J connectivity index is 1.48. The molecule has 302 valence electrons. The minimum atomic E-state index is 1.02. The van der Waals surface area contributed by atoms with Gasteiger partial charge >= 0.3 is 0 Å². The van der Waals surface area contributed by atoms with Crippen LogP contribution in [0.2, 0.25) is 0 Å². The van der Waals surface area contributed by atoms with E-state index in [4.69, 9.17) is 0 Å². The standard InChI is InChI=1S/C52H84N2/c1-5-9-13-14-15-16-17-18-19-20-21-22-23-24-25-26-27-28-29-30-32-36-50-49(35-31-10-6-2)51(47-41-37-45(38-42-47)33-11-7-3)54(53)52(50)48-43-39-46(40-44-48)34-12-8-4/h37-44H,5-36H2,1-4H3. The Kier molecular flexibility index (Phi) is 25.3. The highest BCUT2D eigenvalue weighted by Gasteiger charge is 2.35. The third-order valence-electron chi connectivity index (χ3n) is 12.0. The van der Waals surface area contributed by atoms with E-state index in [9.17, 15) is 5.53 Å². The zero-order valence-electron chi connectivity index (χ0n) is 36.1. The molecule has 0 N–H and O–H groups in total. The molecular weight excluding hydrogens is 653 g/mol. The molecule has 0 spiro atoms. The number of aryl methyl sites for hydroxylation is 2. The van der Waals surface area contributed by atoms with Gasteiger partial charge in [0.25, 0.3) is 0 Å². The molecule has 0 fully saturated rings. The first-order valence-corrected chi connectivity index (χ1v) is 23.8. The molecule has 2 aromatic carbocycles. The lowest BCUT2D eigenvalue weighted by atomic mass is 9.91. The molecule has 0 saturated heterocycles. The van der Waals surface area contributed by atoms with E-state index in [2.05, 4.69) is 76.2 Å². The highest BCUT2D eigenvalue weighted by Crippen LogP contribution is 2.44. The number of hydrogen-bond acceptors (Lipinski definition) is 0. The van der Waals surface area contributed by atoms with Crippen molar-refractivity contribution in [1.82, 2.24) is 0 Å². The van der Waals surface area contributed by atoms with Crippen LogP contribution in [0.15, 0.2) is 59.7 Å². The first-order chi connectivity index (χ1) is 26.6. The van der Waals surface area contributed by atoms with E-state index >= 15 is 0 Å². The summed E-state index contributed by atoms with van der Waals surface area (Å²) < 4.78 is 1.58. The van der Waals surface area contributed by atoms with Gasteiger partial charge in [-0.15, -0.1) is 0 Å². The van der Waals surface area contributed by atoms with Crippen LogP contribution in [-0.2, 0) is 12.8 Å². The van der Waals surface area contributed by atoms with Crippen molar-refractivity contribution in [3.05, 3.63) is 87.5 Å². The average Bonchev–Trinajstić information content (AvgIpc) is 3.47. The molecular formula is C52H84N2. The predicted octanol–water partition coefficient (Wildman–Crippen LogP) is 17.7. The van der Waals surface area contributed by atoms with Gasteiger partial charge in [0.2, 0.25) is 11.4 Å². The lowest BCUT2D eigenvalue weighted by molar-refractivity contribution is -0.345. The van der Waals surface area contributed by atoms with Crippen molar-refractivity contribution < 1.29 is 4.70 Å². The van der Waals surface area contributed by atoms with Crippen molar-refractivity contribution in [2.45, 2.75) is 233 Å². The first kappa shape index (κ1) is 45.9. The van der Waals surface area contributed by atoms with Gasteiger partial charge in [-0.2, -0.15) is 0 Å². The van der Waals surface area contributed by atoms with Gasteiger partial charge in [0.05, 0.1) is 0 Å². The van der Waals surface area contributed by atoms with E-state index in [-0.39, 0.29) is 0 Å². The summed E-state index contributed by atoms with van der Waals surface area (Å²) in [5.74, 6) is 0. The number of allylic oxidation sites excluding steroid dienone is 2. The largest absolute Gasteiger partial charge is 0.493 e. The molecule has 0 unspecified atom stereocenters. The van der Waals surface area contributed by atoms with Gasteiger partial charge in [-0.25, -0.2) is 4.70 Å². The Hall–Kier alpha value is -2.48. The summed E-state index contributed by atoms with van der Waals surface area (Å²) in [5.41, 5.74) is 22.0. The van der Waals surface area contributed by atoms with Crippen LogP contribution in [0.4, 0.5) is 0 Å². The molecule has 0 bridgehead atoms. The number of benzene rings is 2. The molecule has 0 saturated carbocycles. The van der Waals surface area contributed by atoms with E-state index < -0.39 is 0 Å². The second kappa shape index (κ2) is 29.8. The van der Waals surface area contributed by atoms with E-state index in [0.717, 1.165) is 48.2 Å². The molecule has 1 aliphatic rings. The molecule has 2 aromatic rings. The number of nitrogens with zero attached hydrogens (tertiary/aromatic N) is 2. The molecule has 1 heterocycles. The Labute approximate surface area is 335 Å². The lowest BCUT2D eigenvalue weighted by Crippen LogP contribution is -2.03. The minimum Gasteiger partial charge on any atom is -0.493 e. The molecule has 0 atom stereocenters. The number of rotatable bonds is 34. The summed E-state index contributed by atoms with van der Waals surface area (Å²) in [5, 5.41) is 0. The van der Waals surface area contributed by atoms with Crippen molar-refractivity contribution in [1.29, 1.82) is 0 Å². The highest BCUT2D eigenvalue weighted by molar-refractivity contribution is 5.82. The quantitative estimate of drug-likeness (QED) is 0.0505. The van der Waals surface area contributed by atoms with Crippen molar-refractivity contribution in [3.8, 4) is 0 Å². The highest BCUT2D eigenvalue weighted by atomic mass is 15.2. The van der Waals surface area contributed by atoms with Gasteiger partial charge in [0.15, 0.2) is 0 Å². The smallest absolute Gasteiger partial charge is 0.211 e. The van der Waals surface area contributed by atoms with Gasteiger partial charge < -0.3 is 5.53 Å². The Bertz CT molecular complexity index is 1310. The summed E-state index contributed by atoms with van der Waals surface area (Å²) in [4.78, 5) is 0. The first-order valence-electron chi connectivity index (χ1n) is 23.8. The molecule has 0 radical (unpaired) electrons. The molecule has 54 heavy (non-hydrogen) atoms. The van der Waals surface area contributed by atoms with Crippen LogP contribution < -0.4 is 0 Å². The van der Waals surface area contributed by atoms with E-state index in [1.165, 1.54) is 202 Å². The zero-order chi connectivity index (χ0) is 38.5. The molecule has 2 nitrogen and oxygen atoms in total. The van der Waals surface area contributed by atoms with Crippen LogP contribution in [-0.4, -0.2) is 4.70 Å². The van der Waals surface area contributed by atoms with Crippen molar-refractivity contribution in [2.24, 2.45) is 0 Å². The maximum atomic E-state index is 12.1. The van der Waals surface area contributed by atoms with Crippen molar-refractivity contribution >= 4 is 11.4 Å². The summed E-state index contributed by atoms with van der Waals surface area (Å²) in [6.07, 6.45) is 42.4. The minimum absolute atomic E-state index is 1.02. The van der Waals surface area contributed by atoms with E-state index in [0.29, 0.717) is 0 Å². The van der Waals surface area contributed by atoms with Gasteiger partial charge in [0, 0.05) is 22.3 Å². The van der Waals surface area contributed by atoms with Crippen LogP contribution in [0.1, 0.15) is 243 Å². The van der Waals surface area contributed by atoms with E-state index in [1.54, 1.807) is 4.70 Å². The normalized spacial score (nSPS) is 13.2. The number of unbranched alkanes of at least 4 members (excludes halogenated alkanes) is 24. The van der Waals surface area contributed by atoms with Gasteiger partial charge in [-0.05, 0) is 86.8 Å². The molecule has 0 aliphatic carbocycles. The second-order valence-electron chi connectivity index (χ2n) is 16.8. The average molecular weight is 737 g/mol. The van der Waals surface area contributed by atoms with Crippen molar-refractivity contribution in [3.63, 3.8) is 0 Å². The second-order valence-corrected chi connectivity index (χ2v) is 16.8. The fraction of sp³-hybridized carbons (Fsp3) is 0.692. The molecule has 0 aromatic heterocycles. The summed E-state index contributed by atoms with van der Waals surface area (Å²) in [7, 11) is 0. The van der Waals surface area contributed by atoms with E-state index in [1.807, 2.05) is 0 Å². The summed E-state index contributed by atoms with van der Waals surface area (Å²) in [6.45, 7) is 9.12. The topological polar surface area (TPSA) is 25.3 Å². The third kappa shape index (κ3) is 17.5. The van der Waals surface area contributed by atoms with Crippen LogP contribution >= 0.6 is 0 Å². The van der Waals surface area contributed by atoms with Crippen LogP contribution in [0, 0.1) is 0 Å². The summed E-state index contributed by atoms with van der Waals surface area (Å²) >= 11 is 0. The predicted molar refractivity (Wildman–Crippen MR) is 239 cm³/mol. The zero-order valence-corrected chi connectivity index (χ0v) is 36.1. The Morgan fingerprint density at radius 3 is 0.889 bits per heavy atom. The maximum Gasteiger partial charge on any atom is 0.211 e. The Morgan fingerprint density at radius 2 is 0.574 bits per heavy atom. The van der Waals surface area contributed by atoms with Gasteiger partial charge in [-0.1, -0.05) is 206 Å². The third-order valence-corrected chi connectivity index (χ3v) is 12.0. The lowest BCUT2D eigenvalue weighted by Gasteiger charge is -2.11. The molecule has 3 rings (SSSR count). The molecule has 0 amide bonds. The van der Waals surface area contributed by atoms with Crippen LogP contribution in [0.3, 0.4) is 0 Å². The SMILES string of the molecule is CCCCCCCCCCCCCCCCCCCCCCCC1=C(c2ccc(CCCC)cc2)[N+](=[N-])C(c2ccc(CCCC)cc2)=C1CCCCC. The van der Waals surface area contributed by atoms with Crippen molar-refractivity contribution in [2.75, 3.05) is 0 Å². The molecule has 1 aliphatic heterocycles. The molecule has 2 heteroatoms. The summed E-state index contributed by atoms with van der Waals surface area (Å²) in [6, 6.07) is 18.2. The maximum absolute atomic E-state index is 12.1. The Morgan fingerprint density at radius 1 is 0.315 bits per heavy atom. The van der Waals surface area contributed by atoms with Crippen LogP contribution in [0.5, 0.6) is 0 Å². The van der Waals surface area contributed by atoms with Gasteiger partial charge in [0.1, 0.15) is 0 Å². The monoisotopic (exact) mass is 737 g/mol. The fourth-order valence-electron chi connectivity index (χ4n) is 8.49. The fourth-order valence-corrected chi connectivity index (χ4v) is 8.49. The van der Waals surface area contributed by atoms with Gasteiger partial charge in [-0.3, -0.25) is 0 Å². The number of hydrogen-bond donors (Lipinski definition) is 0.